The predicted octanol–water partition coefficient (Wildman–Crippen LogP) is 2.69. The normalized spacial score (nSPS) is 21.8. The van der Waals surface area contributed by atoms with Gasteiger partial charge in [-0.25, -0.2) is 4.79 Å². The van der Waals surface area contributed by atoms with E-state index in [-0.39, 0.29) is 5.97 Å². The van der Waals surface area contributed by atoms with E-state index < -0.39 is 8.32 Å². The minimum Gasteiger partial charge on any atom is -0.547 e. The summed E-state index contributed by atoms with van der Waals surface area (Å²) in [7, 11) is -0.197. The Hall–Kier alpha value is -0.773. The molecule has 0 aromatic rings. The topological polar surface area (TPSA) is 35.5 Å². The molecular weight excluding hydrogens is 208 g/mol. The average Bonchev–Trinajstić information content (AvgIpc) is 2.42. The molecule has 86 valence electrons. The van der Waals surface area contributed by atoms with Crippen molar-refractivity contribution in [1.29, 1.82) is 0 Å². The zero-order valence-electron chi connectivity index (χ0n) is 10.2. The van der Waals surface area contributed by atoms with Crippen molar-refractivity contribution in [3.8, 4) is 0 Å². The smallest absolute Gasteiger partial charge is 0.337 e. The predicted molar refractivity (Wildman–Crippen MR) is 61.9 cm³/mol. The monoisotopic (exact) mass is 228 g/mol. The molecule has 0 aromatic carbocycles. The third-order valence-corrected chi connectivity index (χ3v) is 3.14. The van der Waals surface area contributed by atoms with Gasteiger partial charge in [0.05, 0.1) is 18.4 Å². The zero-order valence-corrected chi connectivity index (χ0v) is 11.2. The summed E-state index contributed by atoms with van der Waals surface area (Å²) in [6.07, 6.45) is 1.65. The number of rotatable bonds is 3. The highest BCUT2D eigenvalue weighted by atomic mass is 28.4. The summed E-state index contributed by atoms with van der Waals surface area (Å²) in [6, 6.07) is 0. The number of hydrogen-bond donors (Lipinski definition) is 0. The van der Waals surface area contributed by atoms with Gasteiger partial charge in [-0.2, -0.15) is 0 Å². The fraction of sp³-hybridized carbons (Fsp3) is 0.727. The second kappa shape index (κ2) is 4.39. The van der Waals surface area contributed by atoms with Gasteiger partial charge in [0.15, 0.2) is 0 Å². The number of carbonyl (C=O) groups is 1. The maximum atomic E-state index is 11.5. The van der Waals surface area contributed by atoms with Crippen molar-refractivity contribution in [2.45, 2.75) is 39.4 Å². The Morgan fingerprint density at radius 2 is 1.93 bits per heavy atom. The molecule has 0 aliphatic heterocycles. The zero-order chi connectivity index (χ0) is 11.6. The Morgan fingerprint density at radius 3 is 2.40 bits per heavy atom. The van der Waals surface area contributed by atoms with E-state index in [4.69, 9.17) is 9.16 Å². The standard InChI is InChI=1S/C11H20O3Si/c1-8-6-9(11(12)13-2)10(7-8)14-15(3,4)5/h8H,6-7H2,1-5H3/t8-/m1/s1. The SMILES string of the molecule is COC(=O)C1=C(O[Si](C)(C)C)C[C@H](C)C1. The van der Waals surface area contributed by atoms with E-state index in [0.29, 0.717) is 5.92 Å². The van der Waals surface area contributed by atoms with E-state index >= 15 is 0 Å². The lowest BCUT2D eigenvalue weighted by Crippen LogP contribution is -2.25. The van der Waals surface area contributed by atoms with Crippen LogP contribution in [0, 0.1) is 5.92 Å². The van der Waals surface area contributed by atoms with Crippen LogP contribution in [0.2, 0.25) is 19.6 Å². The van der Waals surface area contributed by atoms with Gasteiger partial charge in [-0.3, -0.25) is 0 Å². The van der Waals surface area contributed by atoms with Crippen LogP contribution in [-0.4, -0.2) is 21.4 Å². The van der Waals surface area contributed by atoms with Crippen LogP contribution in [0.25, 0.3) is 0 Å². The first-order valence-electron chi connectivity index (χ1n) is 5.33. The second-order valence-corrected chi connectivity index (χ2v) is 9.55. The summed E-state index contributed by atoms with van der Waals surface area (Å²) in [6.45, 7) is 8.50. The molecule has 0 saturated heterocycles. The summed E-state index contributed by atoms with van der Waals surface area (Å²) in [4.78, 5) is 11.5. The molecular formula is C11H20O3Si. The van der Waals surface area contributed by atoms with Gasteiger partial charge >= 0.3 is 5.97 Å². The number of ether oxygens (including phenoxy) is 1. The van der Waals surface area contributed by atoms with Crippen molar-refractivity contribution in [3.05, 3.63) is 11.3 Å². The van der Waals surface area contributed by atoms with Crippen molar-refractivity contribution >= 4 is 14.3 Å². The van der Waals surface area contributed by atoms with Gasteiger partial charge in [0, 0.05) is 6.42 Å². The number of methoxy groups -OCH3 is 1. The summed E-state index contributed by atoms with van der Waals surface area (Å²) in [5, 5.41) is 0. The molecule has 0 unspecified atom stereocenters. The fourth-order valence-electron chi connectivity index (χ4n) is 1.77. The van der Waals surface area contributed by atoms with Gasteiger partial charge in [0.2, 0.25) is 8.32 Å². The summed E-state index contributed by atoms with van der Waals surface area (Å²) in [5.74, 6) is 1.13. The molecule has 0 fully saturated rings. The molecule has 15 heavy (non-hydrogen) atoms. The molecule has 1 aliphatic carbocycles. The quantitative estimate of drug-likeness (QED) is 0.550. The van der Waals surface area contributed by atoms with Gasteiger partial charge < -0.3 is 9.16 Å². The van der Waals surface area contributed by atoms with Crippen LogP contribution in [0.15, 0.2) is 11.3 Å². The van der Waals surface area contributed by atoms with Crippen LogP contribution in [0.5, 0.6) is 0 Å². The largest absolute Gasteiger partial charge is 0.547 e. The lowest BCUT2D eigenvalue weighted by molar-refractivity contribution is -0.136. The fourth-order valence-corrected chi connectivity index (χ4v) is 2.71. The van der Waals surface area contributed by atoms with E-state index in [1.165, 1.54) is 7.11 Å². The van der Waals surface area contributed by atoms with Gasteiger partial charge in [-0.1, -0.05) is 6.92 Å². The molecule has 4 heteroatoms. The van der Waals surface area contributed by atoms with Gasteiger partial charge in [-0.15, -0.1) is 0 Å². The van der Waals surface area contributed by atoms with Gasteiger partial charge in [0.25, 0.3) is 0 Å². The Bertz CT molecular complexity index is 289. The summed E-state index contributed by atoms with van der Waals surface area (Å²) < 4.78 is 10.7. The van der Waals surface area contributed by atoms with Crippen molar-refractivity contribution in [2.75, 3.05) is 7.11 Å². The lowest BCUT2D eigenvalue weighted by Gasteiger charge is -2.21. The molecule has 0 N–H and O–H groups in total. The van der Waals surface area contributed by atoms with Crippen LogP contribution < -0.4 is 0 Å². The van der Waals surface area contributed by atoms with Crippen LogP contribution >= 0.6 is 0 Å². The van der Waals surface area contributed by atoms with E-state index in [9.17, 15) is 4.79 Å². The van der Waals surface area contributed by atoms with Crippen molar-refractivity contribution < 1.29 is 14.0 Å². The number of hydrogen-bond acceptors (Lipinski definition) is 3. The van der Waals surface area contributed by atoms with E-state index in [1.54, 1.807) is 0 Å². The van der Waals surface area contributed by atoms with Crippen LogP contribution in [0.4, 0.5) is 0 Å². The molecule has 0 aromatic heterocycles. The molecule has 0 radical (unpaired) electrons. The molecule has 0 spiro atoms. The van der Waals surface area contributed by atoms with Crippen LogP contribution in [0.1, 0.15) is 19.8 Å². The Labute approximate surface area is 92.6 Å². The second-order valence-electron chi connectivity index (χ2n) is 5.12. The maximum absolute atomic E-state index is 11.5. The summed E-state index contributed by atoms with van der Waals surface area (Å²) >= 11 is 0. The molecule has 1 atom stereocenters. The minimum absolute atomic E-state index is 0.229. The minimum atomic E-state index is -1.62. The highest BCUT2D eigenvalue weighted by Gasteiger charge is 2.30. The molecule has 3 nitrogen and oxygen atoms in total. The average molecular weight is 228 g/mol. The Kier molecular flexibility index (Phi) is 3.60. The number of carbonyl (C=O) groups excluding carboxylic acids is 1. The van der Waals surface area contributed by atoms with Crippen molar-refractivity contribution in [1.82, 2.24) is 0 Å². The maximum Gasteiger partial charge on any atom is 0.337 e. The van der Waals surface area contributed by atoms with Crippen LogP contribution in [-0.2, 0) is 14.0 Å². The number of esters is 1. The molecule has 1 rings (SSSR count). The molecule has 0 saturated carbocycles. The molecule has 0 heterocycles. The Morgan fingerprint density at radius 1 is 1.33 bits per heavy atom. The third kappa shape index (κ3) is 3.37. The van der Waals surface area contributed by atoms with E-state index in [1.807, 2.05) is 0 Å². The van der Waals surface area contributed by atoms with Crippen molar-refractivity contribution in [2.24, 2.45) is 5.92 Å². The van der Waals surface area contributed by atoms with Crippen LogP contribution in [0.3, 0.4) is 0 Å². The Balaban J connectivity index is 2.84. The van der Waals surface area contributed by atoms with E-state index in [2.05, 4.69) is 26.6 Å². The summed E-state index contributed by atoms with van der Waals surface area (Å²) in [5.41, 5.74) is 0.743. The highest BCUT2D eigenvalue weighted by molar-refractivity contribution is 6.70. The first-order chi connectivity index (χ1) is 6.83. The van der Waals surface area contributed by atoms with E-state index in [0.717, 1.165) is 24.2 Å². The molecule has 0 amide bonds. The van der Waals surface area contributed by atoms with Gasteiger partial charge in [0.1, 0.15) is 0 Å². The van der Waals surface area contributed by atoms with Crippen molar-refractivity contribution in [3.63, 3.8) is 0 Å². The lowest BCUT2D eigenvalue weighted by atomic mass is 10.1. The third-order valence-electron chi connectivity index (χ3n) is 2.28. The molecule has 0 bridgehead atoms. The molecule has 1 aliphatic rings. The highest BCUT2D eigenvalue weighted by Crippen LogP contribution is 2.34. The van der Waals surface area contributed by atoms with Gasteiger partial charge in [-0.05, 0) is 32.0 Å². The number of allylic oxidation sites excluding steroid dienone is 1. The first kappa shape index (κ1) is 12.3. The first-order valence-corrected chi connectivity index (χ1v) is 8.73.